The summed E-state index contributed by atoms with van der Waals surface area (Å²) in [7, 11) is 2.83. The maximum atomic E-state index is 10.2. The molecule has 1 aromatic rings. The first-order chi connectivity index (χ1) is 9.08. The molecule has 0 saturated carbocycles. The average Bonchev–Trinajstić information content (AvgIpc) is 2.41. The summed E-state index contributed by atoms with van der Waals surface area (Å²) in [6, 6.07) is 0. The summed E-state index contributed by atoms with van der Waals surface area (Å²) in [5, 5.41) is 29.0. The maximum absolute atomic E-state index is 10.2. The van der Waals surface area contributed by atoms with E-state index in [1.807, 2.05) is 0 Å². The van der Waals surface area contributed by atoms with E-state index in [1.165, 1.54) is 14.2 Å². The van der Waals surface area contributed by atoms with Gasteiger partial charge >= 0.3 is 0 Å². The van der Waals surface area contributed by atoms with E-state index in [-0.39, 0.29) is 29.6 Å². The molecule has 0 atom stereocenters. The van der Waals surface area contributed by atoms with Crippen LogP contribution in [0.15, 0.2) is 0 Å². The zero-order valence-electron chi connectivity index (χ0n) is 11.7. The van der Waals surface area contributed by atoms with Crippen LogP contribution < -0.4 is 9.47 Å². The van der Waals surface area contributed by atoms with Crippen LogP contribution in [-0.2, 0) is 6.42 Å². The van der Waals surface area contributed by atoms with Crippen LogP contribution in [0.3, 0.4) is 0 Å². The lowest BCUT2D eigenvalue weighted by molar-refractivity contribution is 0.283. The molecule has 0 heterocycles. The molecule has 1 rings (SSSR count). The van der Waals surface area contributed by atoms with E-state index in [2.05, 4.69) is 0 Å². The van der Waals surface area contributed by atoms with Crippen molar-refractivity contribution in [3.8, 4) is 23.0 Å². The molecule has 5 nitrogen and oxygen atoms in total. The van der Waals surface area contributed by atoms with Gasteiger partial charge in [-0.2, -0.15) is 0 Å². The molecule has 0 saturated heterocycles. The van der Waals surface area contributed by atoms with E-state index < -0.39 is 0 Å². The highest BCUT2D eigenvalue weighted by molar-refractivity contribution is 5.65. The Morgan fingerprint density at radius 3 is 2.00 bits per heavy atom. The highest BCUT2D eigenvalue weighted by Gasteiger charge is 2.22. The van der Waals surface area contributed by atoms with Gasteiger partial charge in [-0.1, -0.05) is 6.42 Å². The number of unbranched alkanes of at least 4 members (excludes halogenated alkanes) is 2. The molecule has 0 unspecified atom stereocenters. The van der Waals surface area contributed by atoms with Crippen LogP contribution in [0.4, 0.5) is 0 Å². The lowest BCUT2D eigenvalue weighted by atomic mass is 9.99. The average molecular weight is 270 g/mol. The number of phenolic OH excluding ortho intramolecular Hbond substituents is 2. The Labute approximate surface area is 113 Å². The first-order valence-corrected chi connectivity index (χ1v) is 6.34. The molecular formula is C14H22O5. The van der Waals surface area contributed by atoms with Gasteiger partial charge in [-0.25, -0.2) is 0 Å². The summed E-state index contributed by atoms with van der Waals surface area (Å²) in [6.07, 6.45) is 3.04. The summed E-state index contributed by atoms with van der Waals surface area (Å²) < 4.78 is 10.2. The fraction of sp³-hybridized carbons (Fsp3) is 0.571. The number of aliphatic hydroxyl groups excluding tert-OH is 1. The maximum Gasteiger partial charge on any atom is 0.207 e. The van der Waals surface area contributed by atoms with Gasteiger partial charge < -0.3 is 24.8 Å². The van der Waals surface area contributed by atoms with Gasteiger partial charge in [0.1, 0.15) is 0 Å². The van der Waals surface area contributed by atoms with E-state index in [0.29, 0.717) is 17.5 Å². The number of ether oxygens (including phenoxy) is 2. The zero-order valence-corrected chi connectivity index (χ0v) is 11.7. The van der Waals surface area contributed by atoms with Crippen molar-refractivity contribution in [2.45, 2.75) is 32.6 Å². The van der Waals surface area contributed by atoms with Crippen LogP contribution in [0, 0.1) is 6.92 Å². The largest absolute Gasteiger partial charge is 0.504 e. The third kappa shape index (κ3) is 3.23. The van der Waals surface area contributed by atoms with Crippen molar-refractivity contribution in [1.29, 1.82) is 0 Å². The van der Waals surface area contributed by atoms with Gasteiger partial charge in [-0.05, 0) is 26.2 Å². The molecule has 0 aromatic heterocycles. The van der Waals surface area contributed by atoms with Crippen LogP contribution in [0.5, 0.6) is 23.0 Å². The summed E-state index contributed by atoms with van der Waals surface area (Å²) in [6.45, 7) is 1.90. The summed E-state index contributed by atoms with van der Waals surface area (Å²) >= 11 is 0. The second kappa shape index (κ2) is 7.09. The molecule has 19 heavy (non-hydrogen) atoms. The Morgan fingerprint density at radius 2 is 1.47 bits per heavy atom. The lowest BCUT2D eigenvalue weighted by Gasteiger charge is -2.17. The van der Waals surface area contributed by atoms with E-state index in [9.17, 15) is 10.2 Å². The molecule has 0 aliphatic rings. The predicted molar refractivity (Wildman–Crippen MR) is 72.3 cm³/mol. The van der Waals surface area contributed by atoms with E-state index in [4.69, 9.17) is 14.6 Å². The number of methoxy groups -OCH3 is 2. The van der Waals surface area contributed by atoms with Gasteiger partial charge in [0, 0.05) is 17.7 Å². The summed E-state index contributed by atoms with van der Waals surface area (Å²) in [5.74, 6) is 0.312. The zero-order chi connectivity index (χ0) is 14.4. The number of benzene rings is 1. The normalized spacial score (nSPS) is 10.5. The molecule has 5 heteroatoms. The molecular weight excluding hydrogens is 248 g/mol. The van der Waals surface area contributed by atoms with Gasteiger partial charge in [0.05, 0.1) is 14.2 Å². The Hall–Kier alpha value is -1.62. The van der Waals surface area contributed by atoms with Crippen molar-refractivity contribution in [2.75, 3.05) is 20.8 Å². The van der Waals surface area contributed by atoms with Crippen molar-refractivity contribution in [2.24, 2.45) is 0 Å². The van der Waals surface area contributed by atoms with Crippen LogP contribution in [0.2, 0.25) is 0 Å². The predicted octanol–water partition coefficient (Wildman–Crippen LogP) is 2.13. The Morgan fingerprint density at radius 1 is 0.895 bits per heavy atom. The van der Waals surface area contributed by atoms with Crippen LogP contribution >= 0.6 is 0 Å². The molecule has 3 N–H and O–H groups in total. The fourth-order valence-electron chi connectivity index (χ4n) is 2.12. The van der Waals surface area contributed by atoms with Crippen molar-refractivity contribution in [1.82, 2.24) is 0 Å². The third-order valence-electron chi connectivity index (χ3n) is 3.22. The van der Waals surface area contributed by atoms with E-state index in [0.717, 1.165) is 19.3 Å². The molecule has 0 fully saturated rings. The minimum absolute atomic E-state index is 0.00527. The number of rotatable bonds is 7. The first kappa shape index (κ1) is 15.4. The molecule has 0 aliphatic carbocycles. The molecule has 1 aromatic carbocycles. The molecule has 108 valence electrons. The van der Waals surface area contributed by atoms with Gasteiger partial charge in [0.25, 0.3) is 0 Å². The Bertz CT molecular complexity index is 429. The first-order valence-electron chi connectivity index (χ1n) is 6.34. The SMILES string of the molecule is COc1c(O)c(C)c(CCCCCO)c(O)c1OC. The highest BCUT2D eigenvalue weighted by Crippen LogP contribution is 2.48. The monoisotopic (exact) mass is 270 g/mol. The second-order valence-electron chi connectivity index (χ2n) is 4.40. The number of hydrogen-bond donors (Lipinski definition) is 3. The summed E-state index contributed by atoms with van der Waals surface area (Å²) in [4.78, 5) is 0. The standard InChI is InChI=1S/C14H22O5/c1-9-10(7-5-4-6-8-15)12(17)14(19-3)13(18-2)11(9)16/h15-17H,4-8H2,1-3H3. The molecule has 0 aliphatic heterocycles. The minimum Gasteiger partial charge on any atom is -0.504 e. The van der Waals surface area contributed by atoms with Crippen molar-refractivity contribution < 1.29 is 24.8 Å². The van der Waals surface area contributed by atoms with Gasteiger partial charge in [-0.15, -0.1) is 0 Å². The van der Waals surface area contributed by atoms with Crippen molar-refractivity contribution >= 4 is 0 Å². The highest BCUT2D eigenvalue weighted by atomic mass is 16.5. The van der Waals surface area contributed by atoms with Crippen LogP contribution in [0.25, 0.3) is 0 Å². The van der Waals surface area contributed by atoms with Crippen molar-refractivity contribution in [3.05, 3.63) is 11.1 Å². The van der Waals surface area contributed by atoms with E-state index in [1.54, 1.807) is 6.92 Å². The molecule has 0 bridgehead atoms. The molecule has 0 radical (unpaired) electrons. The second-order valence-corrected chi connectivity index (χ2v) is 4.40. The molecule has 0 amide bonds. The number of phenols is 2. The third-order valence-corrected chi connectivity index (χ3v) is 3.22. The van der Waals surface area contributed by atoms with Gasteiger partial charge in [0.15, 0.2) is 11.5 Å². The lowest BCUT2D eigenvalue weighted by Crippen LogP contribution is -1.99. The number of aromatic hydroxyl groups is 2. The van der Waals surface area contributed by atoms with Crippen LogP contribution in [-0.4, -0.2) is 36.1 Å². The van der Waals surface area contributed by atoms with E-state index >= 15 is 0 Å². The topological polar surface area (TPSA) is 79.2 Å². The Balaban J connectivity index is 3.07. The van der Waals surface area contributed by atoms with Crippen LogP contribution in [0.1, 0.15) is 30.4 Å². The number of aliphatic hydroxyl groups is 1. The summed E-state index contributed by atoms with van der Waals surface area (Å²) in [5.41, 5.74) is 1.26. The molecule has 0 spiro atoms. The van der Waals surface area contributed by atoms with Gasteiger partial charge in [0.2, 0.25) is 11.5 Å². The van der Waals surface area contributed by atoms with Crippen molar-refractivity contribution in [3.63, 3.8) is 0 Å². The number of hydrogen-bond acceptors (Lipinski definition) is 5. The fourth-order valence-corrected chi connectivity index (χ4v) is 2.12. The Kier molecular flexibility index (Phi) is 5.76. The minimum atomic E-state index is -0.00527. The van der Waals surface area contributed by atoms with Gasteiger partial charge in [-0.3, -0.25) is 0 Å². The smallest absolute Gasteiger partial charge is 0.207 e. The quantitative estimate of drug-likeness (QED) is 0.522.